The van der Waals surface area contributed by atoms with Gasteiger partial charge < -0.3 is 20.7 Å². The molecule has 3 amide bonds. The number of nitrogens with one attached hydrogen (secondary N) is 3. The Hall–Kier alpha value is -3.09. The van der Waals surface area contributed by atoms with Crippen LogP contribution < -0.4 is 20.7 Å². The third kappa shape index (κ3) is 5.77. The first-order valence-corrected chi connectivity index (χ1v) is 8.22. The summed E-state index contributed by atoms with van der Waals surface area (Å²) in [6, 6.07) is 12.8. The average molecular weight is 359 g/mol. The van der Waals surface area contributed by atoms with Gasteiger partial charge in [0, 0.05) is 18.7 Å². The van der Waals surface area contributed by atoms with Crippen molar-refractivity contribution in [3.63, 3.8) is 0 Å². The van der Waals surface area contributed by atoms with Gasteiger partial charge in [-0.3, -0.25) is 4.79 Å². The van der Waals surface area contributed by atoms with E-state index in [4.69, 9.17) is 4.74 Å². The first-order valence-electron chi connectivity index (χ1n) is 8.22. The summed E-state index contributed by atoms with van der Waals surface area (Å²) in [6.45, 7) is 1.95. The molecule has 2 aromatic rings. The van der Waals surface area contributed by atoms with E-state index >= 15 is 0 Å². The fourth-order valence-electron chi connectivity index (χ4n) is 2.34. The van der Waals surface area contributed by atoms with E-state index in [1.165, 1.54) is 19.2 Å². The second kappa shape index (κ2) is 9.41. The van der Waals surface area contributed by atoms with E-state index in [0.29, 0.717) is 11.3 Å². The summed E-state index contributed by atoms with van der Waals surface area (Å²) in [7, 11) is 1.39. The molecule has 0 unspecified atom stereocenters. The minimum Gasteiger partial charge on any atom is -0.494 e. The zero-order valence-electron chi connectivity index (χ0n) is 14.7. The number of halogens is 1. The van der Waals surface area contributed by atoms with Gasteiger partial charge in [-0.1, -0.05) is 24.3 Å². The molecule has 3 N–H and O–H groups in total. The van der Waals surface area contributed by atoms with Crippen LogP contribution >= 0.6 is 0 Å². The van der Waals surface area contributed by atoms with E-state index in [2.05, 4.69) is 16.0 Å². The number of urea groups is 1. The number of carbonyl (C=O) groups excluding carboxylic acids is 2. The second-order valence-corrected chi connectivity index (χ2v) is 5.68. The normalized spacial score (nSPS) is 11.3. The molecule has 26 heavy (non-hydrogen) atoms. The lowest BCUT2D eigenvalue weighted by atomic mass is 10.1. The largest absolute Gasteiger partial charge is 0.494 e. The van der Waals surface area contributed by atoms with Gasteiger partial charge >= 0.3 is 6.03 Å². The molecule has 0 saturated carbocycles. The van der Waals surface area contributed by atoms with Gasteiger partial charge in [-0.15, -0.1) is 0 Å². The Labute approximate surface area is 151 Å². The van der Waals surface area contributed by atoms with Crippen molar-refractivity contribution in [1.82, 2.24) is 10.6 Å². The number of hydrogen-bond acceptors (Lipinski definition) is 3. The molecule has 138 valence electrons. The molecular weight excluding hydrogens is 337 g/mol. The highest BCUT2D eigenvalue weighted by atomic mass is 19.1. The monoisotopic (exact) mass is 359 g/mol. The van der Waals surface area contributed by atoms with Gasteiger partial charge in [0.05, 0.1) is 13.2 Å². The Morgan fingerprint density at radius 1 is 1.15 bits per heavy atom. The van der Waals surface area contributed by atoms with Crippen molar-refractivity contribution >= 4 is 17.6 Å². The maximum absolute atomic E-state index is 13.7. The van der Waals surface area contributed by atoms with Crippen LogP contribution in [0.1, 0.15) is 24.9 Å². The highest BCUT2D eigenvalue weighted by Gasteiger charge is 2.12. The standard InChI is InChI=1S/C19H22FN3O3/c1-13(14-8-9-17(26-2)16(20)12-14)22-18(24)10-11-21-19(25)23-15-6-4-3-5-7-15/h3-9,12-13H,10-11H2,1-2H3,(H,22,24)(H2,21,23,25)/t13-/m1/s1. The van der Waals surface area contributed by atoms with Crippen LogP contribution in [0.25, 0.3) is 0 Å². The van der Waals surface area contributed by atoms with Crippen LogP contribution in [0.3, 0.4) is 0 Å². The Morgan fingerprint density at radius 3 is 2.54 bits per heavy atom. The van der Waals surface area contributed by atoms with Crippen molar-refractivity contribution in [3.8, 4) is 5.75 Å². The second-order valence-electron chi connectivity index (χ2n) is 5.68. The fourth-order valence-corrected chi connectivity index (χ4v) is 2.34. The summed E-state index contributed by atoms with van der Waals surface area (Å²) in [5.41, 5.74) is 1.30. The molecule has 0 saturated heterocycles. The van der Waals surface area contributed by atoms with Gasteiger partial charge in [0.15, 0.2) is 11.6 Å². The number of amides is 3. The lowest BCUT2D eigenvalue weighted by Gasteiger charge is -2.15. The molecule has 2 rings (SSSR count). The molecule has 0 radical (unpaired) electrons. The molecule has 0 heterocycles. The number of carbonyl (C=O) groups is 2. The first kappa shape index (κ1) is 19.2. The number of hydrogen-bond donors (Lipinski definition) is 3. The molecule has 0 fully saturated rings. The van der Waals surface area contributed by atoms with E-state index < -0.39 is 5.82 Å². The van der Waals surface area contributed by atoms with E-state index in [-0.39, 0.29) is 36.7 Å². The maximum atomic E-state index is 13.7. The van der Waals surface area contributed by atoms with Crippen LogP contribution in [-0.2, 0) is 4.79 Å². The molecular formula is C19H22FN3O3. The Bertz CT molecular complexity index is 753. The predicted molar refractivity (Wildman–Crippen MR) is 97.6 cm³/mol. The van der Waals surface area contributed by atoms with E-state index in [9.17, 15) is 14.0 Å². The predicted octanol–water partition coefficient (Wildman–Crippen LogP) is 3.22. The van der Waals surface area contributed by atoms with Gasteiger partial charge in [-0.2, -0.15) is 0 Å². The minimum absolute atomic E-state index is 0.116. The van der Waals surface area contributed by atoms with Crippen LogP contribution in [-0.4, -0.2) is 25.6 Å². The first-order chi connectivity index (χ1) is 12.5. The van der Waals surface area contributed by atoms with Crippen LogP contribution in [0.5, 0.6) is 5.75 Å². The van der Waals surface area contributed by atoms with Crippen molar-refractivity contribution in [2.45, 2.75) is 19.4 Å². The summed E-state index contributed by atoms with van der Waals surface area (Å²) >= 11 is 0. The molecule has 0 aliphatic carbocycles. The van der Waals surface area contributed by atoms with Crippen molar-refractivity contribution in [1.29, 1.82) is 0 Å². The van der Waals surface area contributed by atoms with Gasteiger partial charge in [0.1, 0.15) is 0 Å². The molecule has 0 aliphatic heterocycles. The topological polar surface area (TPSA) is 79.5 Å². The molecule has 0 aliphatic rings. The SMILES string of the molecule is COc1ccc([C@@H](C)NC(=O)CCNC(=O)Nc2ccccc2)cc1F. The van der Waals surface area contributed by atoms with E-state index in [1.807, 2.05) is 18.2 Å². The zero-order valence-corrected chi connectivity index (χ0v) is 14.7. The van der Waals surface area contributed by atoms with Gasteiger partial charge in [0.2, 0.25) is 5.91 Å². The number of benzene rings is 2. The highest BCUT2D eigenvalue weighted by molar-refractivity contribution is 5.89. The number of para-hydroxylation sites is 1. The highest BCUT2D eigenvalue weighted by Crippen LogP contribution is 2.21. The van der Waals surface area contributed by atoms with Crippen molar-refractivity contribution in [2.75, 3.05) is 19.0 Å². The summed E-state index contributed by atoms with van der Waals surface area (Å²) in [5.74, 6) is -0.569. The summed E-state index contributed by atoms with van der Waals surface area (Å²) in [5, 5.41) is 8.04. The Balaban J connectivity index is 1.74. The smallest absolute Gasteiger partial charge is 0.319 e. The fraction of sp³-hybridized carbons (Fsp3) is 0.263. The zero-order chi connectivity index (χ0) is 18.9. The maximum Gasteiger partial charge on any atom is 0.319 e. The molecule has 6 nitrogen and oxygen atoms in total. The molecule has 7 heteroatoms. The van der Waals surface area contributed by atoms with Crippen molar-refractivity contribution in [2.24, 2.45) is 0 Å². The Morgan fingerprint density at radius 2 is 1.88 bits per heavy atom. The van der Waals surface area contributed by atoms with E-state index in [0.717, 1.165) is 0 Å². The van der Waals surface area contributed by atoms with Crippen molar-refractivity contribution in [3.05, 3.63) is 59.9 Å². The van der Waals surface area contributed by atoms with E-state index in [1.54, 1.807) is 25.1 Å². The summed E-state index contributed by atoms with van der Waals surface area (Å²) in [6.07, 6.45) is 0.116. The molecule has 2 aromatic carbocycles. The molecule has 1 atom stereocenters. The summed E-state index contributed by atoms with van der Waals surface area (Å²) in [4.78, 5) is 23.7. The number of rotatable bonds is 7. The third-order valence-electron chi connectivity index (χ3n) is 3.72. The van der Waals surface area contributed by atoms with Crippen LogP contribution in [0.15, 0.2) is 48.5 Å². The van der Waals surface area contributed by atoms with Gasteiger partial charge in [-0.05, 0) is 36.8 Å². The van der Waals surface area contributed by atoms with Crippen LogP contribution in [0.4, 0.5) is 14.9 Å². The summed E-state index contributed by atoms with van der Waals surface area (Å²) < 4.78 is 18.6. The van der Waals surface area contributed by atoms with Crippen molar-refractivity contribution < 1.29 is 18.7 Å². The third-order valence-corrected chi connectivity index (χ3v) is 3.72. The average Bonchev–Trinajstić information content (AvgIpc) is 2.62. The lowest BCUT2D eigenvalue weighted by molar-refractivity contribution is -0.121. The number of anilines is 1. The quantitative estimate of drug-likeness (QED) is 0.710. The lowest BCUT2D eigenvalue weighted by Crippen LogP contribution is -2.34. The minimum atomic E-state index is -0.481. The number of ether oxygens (including phenoxy) is 1. The van der Waals surface area contributed by atoms with Gasteiger partial charge in [0.25, 0.3) is 0 Å². The van der Waals surface area contributed by atoms with Gasteiger partial charge in [-0.25, -0.2) is 9.18 Å². The van der Waals surface area contributed by atoms with Crippen LogP contribution in [0, 0.1) is 5.82 Å². The molecule has 0 bridgehead atoms. The van der Waals surface area contributed by atoms with Crippen LogP contribution in [0.2, 0.25) is 0 Å². The molecule has 0 spiro atoms. The molecule has 0 aromatic heterocycles. The number of methoxy groups -OCH3 is 1. The Kier molecular flexibility index (Phi) is 6.96.